The highest BCUT2D eigenvalue weighted by atomic mass is 32.2. The van der Waals surface area contributed by atoms with Crippen LogP contribution in [0, 0.1) is 0 Å². The van der Waals surface area contributed by atoms with Gasteiger partial charge in [-0.15, -0.1) is 44.6 Å². The highest BCUT2D eigenvalue weighted by Crippen LogP contribution is 2.36. The van der Waals surface area contributed by atoms with Gasteiger partial charge in [0.25, 0.3) is 0 Å². The van der Waals surface area contributed by atoms with Crippen molar-refractivity contribution in [3.63, 3.8) is 0 Å². The number of nitrogens with zero attached hydrogens (tertiary/aromatic N) is 4. The van der Waals surface area contributed by atoms with Gasteiger partial charge in [-0.1, -0.05) is 13.8 Å². The fourth-order valence-corrected chi connectivity index (χ4v) is 5.44. The average Bonchev–Trinajstić information content (AvgIpc) is 3.05. The van der Waals surface area contributed by atoms with Crippen LogP contribution in [-0.4, -0.2) is 31.7 Å². The number of hydrogen-bond donors (Lipinski definition) is 0. The number of ether oxygens (including phenoxy) is 1. The average molecular weight is 506 g/mol. The first-order chi connectivity index (χ1) is 15.3. The van der Waals surface area contributed by atoms with Gasteiger partial charge in [0.2, 0.25) is 0 Å². The monoisotopic (exact) mass is 506 g/mol. The van der Waals surface area contributed by atoms with E-state index in [1.807, 2.05) is 19.2 Å². The largest absolute Gasteiger partial charge is 0.377 e. The first-order valence-electron chi connectivity index (χ1n) is 10.2. The third-order valence-electron chi connectivity index (χ3n) is 4.76. The molecule has 0 amide bonds. The van der Waals surface area contributed by atoms with E-state index in [-0.39, 0.29) is 12.3 Å². The van der Waals surface area contributed by atoms with Gasteiger partial charge in [0, 0.05) is 36.2 Å². The smallest absolute Gasteiger partial charge is 0.350 e. The van der Waals surface area contributed by atoms with Crippen LogP contribution in [0.15, 0.2) is 40.3 Å². The molecule has 0 bridgehead atoms. The molecule has 3 unspecified atom stereocenters. The topological polar surface area (TPSA) is 61.9 Å². The SMILES string of the molecule is CCn1c(COC)nn(-c2cc(SC(C)C)c(/C(P)=C/c3ccncc3P)cc2P)c1=O. The second-order valence-corrected chi connectivity index (χ2v) is 11.0. The molecule has 0 fully saturated rings. The number of pyridine rings is 1. The summed E-state index contributed by atoms with van der Waals surface area (Å²) in [6.07, 6.45) is 5.75. The molecule has 1 aromatic carbocycles. The first-order valence-corrected chi connectivity index (χ1v) is 12.8. The minimum Gasteiger partial charge on any atom is -0.377 e. The van der Waals surface area contributed by atoms with Crippen LogP contribution in [0.4, 0.5) is 0 Å². The van der Waals surface area contributed by atoms with Crippen molar-refractivity contribution in [1.29, 1.82) is 0 Å². The van der Waals surface area contributed by atoms with Crippen molar-refractivity contribution >= 4 is 61.5 Å². The molecule has 6 nitrogen and oxygen atoms in total. The molecule has 10 heteroatoms. The van der Waals surface area contributed by atoms with Crippen LogP contribution in [0.1, 0.15) is 37.7 Å². The molecular formula is C22H29N4O2P3S. The Bertz CT molecular complexity index is 1200. The minimum atomic E-state index is -0.164. The summed E-state index contributed by atoms with van der Waals surface area (Å²) in [5.41, 5.74) is 2.78. The highest BCUT2D eigenvalue weighted by Gasteiger charge is 2.18. The van der Waals surface area contributed by atoms with Crippen LogP contribution in [0.25, 0.3) is 17.1 Å². The van der Waals surface area contributed by atoms with Gasteiger partial charge in [0.05, 0.1) is 5.69 Å². The molecule has 3 rings (SSSR count). The molecule has 0 spiro atoms. The molecule has 3 atom stereocenters. The van der Waals surface area contributed by atoms with Crippen LogP contribution in [0.2, 0.25) is 0 Å². The third kappa shape index (κ3) is 5.58. The number of benzene rings is 1. The Morgan fingerprint density at radius 1 is 1.28 bits per heavy atom. The normalized spacial score (nSPS) is 12.1. The van der Waals surface area contributed by atoms with Crippen LogP contribution < -0.4 is 16.3 Å². The number of hydrogen-bond acceptors (Lipinski definition) is 5. The maximum absolute atomic E-state index is 13.0. The van der Waals surface area contributed by atoms with Gasteiger partial charge in [-0.3, -0.25) is 9.55 Å². The maximum atomic E-state index is 13.0. The molecule has 0 saturated carbocycles. The van der Waals surface area contributed by atoms with Crippen LogP contribution in [0.5, 0.6) is 0 Å². The standard InChI is InChI=1S/C22H29N4O2P3S/c1-5-25-21(12-28-4)24-26(22(25)27)16-10-20(32-13(2)3)15(9-18(16)30)17(29)8-14-6-7-23-11-19(14)31/h6-11,13H,5,12,29-31H2,1-4H3/b17-8-. The van der Waals surface area contributed by atoms with Gasteiger partial charge >= 0.3 is 5.69 Å². The summed E-state index contributed by atoms with van der Waals surface area (Å²) >= 11 is 1.76. The van der Waals surface area contributed by atoms with Crippen molar-refractivity contribution in [2.24, 2.45) is 0 Å². The second-order valence-electron chi connectivity index (χ2n) is 7.47. The van der Waals surface area contributed by atoms with Crippen molar-refractivity contribution in [1.82, 2.24) is 19.3 Å². The Morgan fingerprint density at radius 3 is 2.66 bits per heavy atom. The molecule has 0 aliphatic rings. The number of thioether (sulfide) groups is 1. The Morgan fingerprint density at radius 2 is 2.03 bits per heavy atom. The van der Waals surface area contributed by atoms with Gasteiger partial charge in [-0.2, -0.15) is 4.68 Å². The Hall–Kier alpha value is -1.35. The van der Waals surface area contributed by atoms with E-state index >= 15 is 0 Å². The summed E-state index contributed by atoms with van der Waals surface area (Å²) in [7, 11) is 9.94. The summed E-state index contributed by atoms with van der Waals surface area (Å²) in [5.74, 6) is 0.615. The first kappa shape index (κ1) is 25.3. The highest BCUT2D eigenvalue weighted by molar-refractivity contribution is 8.00. The predicted molar refractivity (Wildman–Crippen MR) is 146 cm³/mol. The van der Waals surface area contributed by atoms with E-state index in [1.54, 1.807) is 29.6 Å². The molecule has 0 saturated heterocycles. The van der Waals surface area contributed by atoms with E-state index in [4.69, 9.17) is 4.74 Å². The fourth-order valence-electron chi connectivity index (χ4n) is 3.29. The predicted octanol–water partition coefficient (Wildman–Crippen LogP) is 3.47. The third-order valence-corrected chi connectivity index (χ3v) is 7.24. The number of rotatable bonds is 8. The molecular weight excluding hydrogens is 477 g/mol. The Balaban J connectivity index is 2.17. The Kier molecular flexibility index (Phi) is 8.83. The summed E-state index contributed by atoms with van der Waals surface area (Å²) in [5, 5.41) is 7.94. The van der Waals surface area contributed by atoms with Gasteiger partial charge in [0.15, 0.2) is 5.82 Å². The molecule has 2 aromatic heterocycles. The van der Waals surface area contributed by atoms with Crippen LogP contribution in [0.3, 0.4) is 0 Å². The van der Waals surface area contributed by atoms with E-state index in [1.165, 1.54) is 4.68 Å². The molecule has 0 aliphatic carbocycles. The lowest BCUT2D eigenvalue weighted by Gasteiger charge is -2.16. The van der Waals surface area contributed by atoms with E-state index in [0.29, 0.717) is 17.6 Å². The van der Waals surface area contributed by atoms with E-state index in [2.05, 4.69) is 69.9 Å². The van der Waals surface area contributed by atoms with E-state index in [0.717, 1.165) is 37.6 Å². The van der Waals surface area contributed by atoms with Crippen LogP contribution >= 0.6 is 39.5 Å². The summed E-state index contributed by atoms with van der Waals surface area (Å²) in [4.78, 5) is 18.3. The molecule has 3 aromatic rings. The van der Waals surface area contributed by atoms with E-state index in [9.17, 15) is 4.79 Å². The van der Waals surface area contributed by atoms with Gasteiger partial charge < -0.3 is 4.74 Å². The van der Waals surface area contributed by atoms with Crippen molar-refractivity contribution in [2.75, 3.05) is 7.11 Å². The molecule has 0 N–H and O–H groups in total. The molecule has 32 heavy (non-hydrogen) atoms. The molecule has 170 valence electrons. The fraction of sp³-hybridized carbons (Fsp3) is 0.318. The Labute approximate surface area is 200 Å². The molecule has 0 radical (unpaired) electrons. The van der Waals surface area contributed by atoms with Crippen LogP contribution in [-0.2, 0) is 17.9 Å². The zero-order valence-electron chi connectivity index (χ0n) is 18.7. The van der Waals surface area contributed by atoms with Crippen molar-refractivity contribution in [3.05, 3.63) is 58.0 Å². The van der Waals surface area contributed by atoms with Gasteiger partial charge in [0.1, 0.15) is 6.61 Å². The van der Waals surface area contributed by atoms with Crippen molar-refractivity contribution < 1.29 is 4.74 Å². The van der Waals surface area contributed by atoms with Gasteiger partial charge in [-0.25, -0.2) is 4.79 Å². The second kappa shape index (κ2) is 11.2. The summed E-state index contributed by atoms with van der Waals surface area (Å²) in [6, 6.07) is 6.14. The quantitative estimate of drug-likeness (QED) is 0.346. The maximum Gasteiger partial charge on any atom is 0.350 e. The lowest BCUT2D eigenvalue weighted by molar-refractivity contribution is 0.173. The van der Waals surface area contributed by atoms with Crippen molar-refractivity contribution in [2.45, 2.75) is 44.1 Å². The number of aromatic nitrogens is 4. The lowest BCUT2D eigenvalue weighted by Crippen LogP contribution is -2.26. The lowest BCUT2D eigenvalue weighted by atomic mass is 10.1. The van der Waals surface area contributed by atoms with Gasteiger partial charge in [-0.05, 0) is 58.2 Å². The zero-order valence-corrected chi connectivity index (χ0v) is 23.0. The van der Waals surface area contributed by atoms with E-state index < -0.39 is 0 Å². The number of methoxy groups -OCH3 is 1. The van der Waals surface area contributed by atoms with Crippen molar-refractivity contribution in [3.8, 4) is 5.69 Å². The zero-order chi connectivity index (χ0) is 23.4. The summed E-state index contributed by atoms with van der Waals surface area (Å²) in [6.45, 7) is 7.08. The molecule has 2 heterocycles. The summed E-state index contributed by atoms with van der Waals surface area (Å²) < 4.78 is 8.35. The minimum absolute atomic E-state index is 0.164. The molecule has 0 aliphatic heterocycles.